The maximum Gasteiger partial charge on any atom is -0.00201 e. The van der Waals surface area contributed by atoms with Crippen LogP contribution in [0.15, 0.2) is 182 Å². The highest BCUT2D eigenvalue weighted by atomic mass is 14.2. The van der Waals surface area contributed by atoms with Crippen molar-refractivity contribution in [2.24, 2.45) is 0 Å². The van der Waals surface area contributed by atoms with Gasteiger partial charge in [0.2, 0.25) is 0 Å². The third-order valence-corrected chi connectivity index (χ3v) is 9.45. The predicted molar refractivity (Wildman–Crippen MR) is 198 cm³/mol. The van der Waals surface area contributed by atoms with Gasteiger partial charge in [0.15, 0.2) is 0 Å². The molecule has 0 saturated heterocycles. The second-order valence-electron chi connectivity index (χ2n) is 12.0. The summed E-state index contributed by atoms with van der Waals surface area (Å²) in [5, 5.41) is 10.1. The van der Waals surface area contributed by atoms with E-state index >= 15 is 0 Å². The van der Waals surface area contributed by atoms with Gasteiger partial charge in [0.1, 0.15) is 0 Å². The van der Waals surface area contributed by atoms with Crippen LogP contribution in [0.5, 0.6) is 0 Å². The second kappa shape index (κ2) is 10.9. The molecule has 0 heterocycles. The number of rotatable bonds is 4. The number of hydrogen-bond donors (Lipinski definition) is 0. The summed E-state index contributed by atoms with van der Waals surface area (Å²) in [6, 6.07) is 66.5. The smallest absolute Gasteiger partial charge is 0.00201 e. The van der Waals surface area contributed by atoms with E-state index in [1.54, 1.807) is 0 Å². The Morgan fingerprint density at radius 1 is 0.217 bits per heavy atom. The van der Waals surface area contributed by atoms with Crippen LogP contribution in [-0.2, 0) is 0 Å². The third-order valence-electron chi connectivity index (χ3n) is 9.45. The average Bonchev–Trinajstić information content (AvgIpc) is 3.13. The van der Waals surface area contributed by atoms with E-state index in [2.05, 4.69) is 182 Å². The molecule has 0 nitrogen and oxygen atoms in total. The van der Waals surface area contributed by atoms with Crippen molar-refractivity contribution in [1.82, 2.24) is 0 Å². The zero-order valence-electron chi connectivity index (χ0n) is 25.3. The van der Waals surface area contributed by atoms with Crippen molar-refractivity contribution in [2.75, 3.05) is 0 Å². The summed E-state index contributed by atoms with van der Waals surface area (Å²) >= 11 is 0. The first-order valence-corrected chi connectivity index (χ1v) is 15.9. The minimum atomic E-state index is 1.23. The quantitative estimate of drug-likeness (QED) is 0.181. The molecule has 0 aliphatic heterocycles. The predicted octanol–water partition coefficient (Wildman–Crippen LogP) is 13.0. The molecule has 0 aromatic heterocycles. The zero-order valence-corrected chi connectivity index (χ0v) is 25.3. The molecule has 0 unspecified atom stereocenters. The number of benzene rings is 9. The molecule has 0 spiro atoms. The SMILES string of the molecule is c1ccc(-c2ccc3ccc(-c4c5ccccc5c(-c5cccc6ccccc56)c5ccccc45)cc3c2-c2ccccc2)cc1. The van der Waals surface area contributed by atoms with E-state index in [0.29, 0.717) is 0 Å². The van der Waals surface area contributed by atoms with Gasteiger partial charge in [0.25, 0.3) is 0 Å². The molecule has 0 atom stereocenters. The summed E-state index contributed by atoms with van der Waals surface area (Å²) in [5.41, 5.74) is 10.0. The molecular formula is C46H30. The number of hydrogen-bond acceptors (Lipinski definition) is 0. The van der Waals surface area contributed by atoms with Gasteiger partial charge < -0.3 is 0 Å². The van der Waals surface area contributed by atoms with Crippen molar-refractivity contribution < 1.29 is 0 Å². The van der Waals surface area contributed by atoms with E-state index in [4.69, 9.17) is 0 Å². The van der Waals surface area contributed by atoms with Gasteiger partial charge in [-0.3, -0.25) is 0 Å². The van der Waals surface area contributed by atoms with Gasteiger partial charge in [-0.1, -0.05) is 176 Å². The van der Waals surface area contributed by atoms with Crippen LogP contribution in [0.1, 0.15) is 0 Å². The Balaban J connectivity index is 1.38. The highest BCUT2D eigenvalue weighted by molar-refractivity contribution is 6.24. The highest BCUT2D eigenvalue weighted by Crippen LogP contribution is 2.46. The molecule has 46 heavy (non-hydrogen) atoms. The van der Waals surface area contributed by atoms with Gasteiger partial charge >= 0.3 is 0 Å². The van der Waals surface area contributed by atoms with Crippen LogP contribution in [0.4, 0.5) is 0 Å². The highest BCUT2D eigenvalue weighted by Gasteiger charge is 2.19. The standard InChI is InChI=1S/C46H30/c1-3-14-32(15-4-1)37-29-28-33-26-27-35(30-43(33)44(37)34-17-5-2-6-18-34)45-39-21-9-11-23-41(39)46(42-24-12-10-22-40(42)45)38-25-13-19-31-16-7-8-20-36(31)38/h1-30H. The van der Waals surface area contributed by atoms with Gasteiger partial charge in [0.05, 0.1) is 0 Å². The van der Waals surface area contributed by atoms with Gasteiger partial charge in [-0.2, -0.15) is 0 Å². The van der Waals surface area contributed by atoms with E-state index in [-0.39, 0.29) is 0 Å². The Hall–Kier alpha value is -5.98. The summed E-state index contributed by atoms with van der Waals surface area (Å²) in [7, 11) is 0. The lowest BCUT2D eigenvalue weighted by Gasteiger charge is -2.20. The molecule has 0 amide bonds. The maximum absolute atomic E-state index is 2.43. The Morgan fingerprint density at radius 3 is 1.39 bits per heavy atom. The van der Waals surface area contributed by atoms with Crippen LogP contribution in [-0.4, -0.2) is 0 Å². The van der Waals surface area contributed by atoms with Gasteiger partial charge in [-0.25, -0.2) is 0 Å². The van der Waals surface area contributed by atoms with Crippen molar-refractivity contribution in [1.29, 1.82) is 0 Å². The van der Waals surface area contributed by atoms with E-state index in [1.807, 2.05) is 0 Å². The third kappa shape index (κ3) is 4.23. The Morgan fingerprint density at radius 2 is 0.717 bits per heavy atom. The van der Waals surface area contributed by atoms with Crippen molar-refractivity contribution >= 4 is 43.1 Å². The number of fused-ring (bicyclic) bond motifs is 4. The lowest BCUT2D eigenvalue weighted by atomic mass is 9.83. The summed E-state index contributed by atoms with van der Waals surface area (Å²) in [6.07, 6.45) is 0. The van der Waals surface area contributed by atoms with E-state index in [0.717, 1.165) is 0 Å². The Labute approximate surface area is 268 Å². The molecule has 0 bridgehead atoms. The molecule has 9 aromatic carbocycles. The molecule has 0 aliphatic rings. The van der Waals surface area contributed by atoms with Crippen LogP contribution >= 0.6 is 0 Å². The van der Waals surface area contributed by atoms with E-state index < -0.39 is 0 Å². The summed E-state index contributed by atoms with van der Waals surface area (Å²) < 4.78 is 0. The van der Waals surface area contributed by atoms with Crippen LogP contribution in [0.25, 0.3) is 87.6 Å². The molecule has 0 N–H and O–H groups in total. The largest absolute Gasteiger partial charge is 0.0622 e. The molecule has 0 radical (unpaired) electrons. The van der Waals surface area contributed by atoms with Crippen molar-refractivity contribution in [2.45, 2.75) is 0 Å². The summed E-state index contributed by atoms with van der Waals surface area (Å²) in [5.74, 6) is 0. The molecule has 0 heteroatoms. The topological polar surface area (TPSA) is 0 Å². The molecule has 0 saturated carbocycles. The minimum absolute atomic E-state index is 1.23. The van der Waals surface area contributed by atoms with Crippen LogP contribution in [0.3, 0.4) is 0 Å². The lowest BCUT2D eigenvalue weighted by molar-refractivity contribution is 1.61. The Kier molecular flexibility index (Phi) is 6.25. The lowest BCUT2D eigenvalue weighted by Crippen LogP contribution is -1.92. The van der Waals surface area contributed by atoms with Crippen molar-refractivity contribution in [3.05, 3.63) is 182 Å². The summed E-state index contributed by atoms with van der Waals surface area (Å²) in [4.78, 5) is 0. The fraction of sp³-hybridized carbons (Fsp3) is 0. The van der Waals surface area contributed by atoms with Gasteiger partial charge in [-0.15, -0.1) is 0 Å². The van der Waals surface area contributed by atoms with Crippen LogP contribution < -0.4 is 0 Å². The average molecular weight is 583 g/mol. The first kappa shape index (κ1) is 26.4. The minimum Gasteiger partial charge on any atom is -0.0622 e. The molecule has 0 fully saturated rings. The van der Waals surface area contributed by atoms with Crippen molar-refractivity contribution in [3.8, 4) is 44.5 Å². The zero-order chi connectivity index (χ0) is 30.5. The normalized spacial score (nSPS) is 11.5. The maximum atomic E-state index is 2.43. The summed E-state index contributed by atoms with van der Waals surface area (Å²) in [6.45, 7) is 0. The monoisotopic (exact) mass is 582 g/mol. The fourth-order valence-electron chi connectivity index (χ4n) is 7.42. The van der Waals surface area contributed by atoms with Gasteiger partial charge in [0, 0.05) is 0 Å². The molecule has 9 rings (SSSR count). The van der Waals surface area contributed by atoms with Crippen LogP contribution in [0, 0.1) is 0 Å². The first-order chi connectivity index (χ1) is 22.8. The first-order valence-electron chi connectivity index (χ1n) is 15.9. The van der Waals surface area contributed by atoms with E-state index in [1.165, 1.54) is 87.6 Å². The Bertz CT molecular complexity index is 2500. The molecule has 214 valence electrons. The van der Waals surface area contributed by atoms with Gasteiger partial charge in [-0.05, 0) is 93.7 Å². The molecule has 9 aromatic rings. The fourth-order valence-corrected chi connectivity index (χ4v) is 7.42. The second-order valence-corrected chi connectivity index (χ2v) is 12.0. The van der Waals surface area contributed by atoms with Crippen LogP contribution in [0.2, 0.25) is 0 Å². The van der Waals surface area contributed by atoms with E-state index in [9.17, 15) is 0 Å². The molecular weight excluding hydrogens is 553 g/mol. The molecule has 0 aliphatic carbocycles. The van der Waals surface area contributed by atoms with Crippen molar-refractivity contribution in [3.63, 3.8) is 0 Å².